The van der Waals surface area contributed by atoms with Gasteiger partial charge in [0.25, 0.3) is 0 Å². The normalized spacial score (nSPS) is 19.0. The van der Waals surface area contributed by atoms with E-state index >= 15 is 0 Å². The minimum Gasteiger partial charge on any atom is -0.354 e. The van der Waals surface area contributed by atoms with Crippen molar-refractivity contribution in [3.8, 4) is 0 Å². The number of fused-ring (bicyclic) bond motifs is 1. The standard InChI is InChI=1S/C17H21N5/c1-2-6-16-15(5-1)13-22(19-16)14-20-9-11-21(12-10-20)17-7-3-4-8-18-17/h1-8,19H,9-14H2. The fourth-order valence-corrected chi connectivity index (χ4v) is 3.17. The third kappa shape index (κ3) is 2.77. The maximum atomic E-state index is 4.44. The van der Waals surface area contributed by atoms with Gasteiger partial charge in [0.05, 0.1) is 12.4 Å². The van der Waals surface area contributed by atoms with Crippen molar-refractivity contribution >= 4 is 11.5 Å². The number of pyridine rings is 1. The third-order valence-corrected chi connectivity index (χ3v) is 4.37. The van der Waals surface area contributed by atoms with Crippen LogP contribution in [0.25, 0.3) is 0 Å². The zero-order chi connectivity index (χ0) is 14.8. The summed E-state index contributed by atoms with van der Waals surface area (Å²) in [6.07, 6.45) is 1.87. The topological polar surface area (TPSA) is 34.6 Å². The van der Waals surface area contributed by atoms with Crippen LogP contribution >= 0.6 is 0 Å². The lowest BCUT2D eigenvalue weighted by atomic mass is 10.2. The molecule has 0 unspecified atom stereocenters. The molecule has 4 rings (SSSR count). The van der Waals surface area contributed by atoms with E-state index in [-0.39, 0.29) is 0 Å². The predicted molar refractivity (Wildman–Crippen MR) is 88.5 cm³/mol. The molecule has 1 N–H and O–H groups in total. The number of aromatic nitrogens is 1. The Morgan fingerprint density at radius 3 is 2.55 bits per heavy atom. The molecule has 0 atom stereocenters. The van der Waals surface area contributed by atoms with Crippen LogP contribution in [-0.2, 0) is 6.54 Å². The average Bonchev–Trinajstić information content (AvgIpc) is 2.98. The third-order valence-electron chi connectivity index (χ3n) is 4.37. The number of piperazine rings is 1. The van der Waals surface area contributed by atoms with Gasteiger partial charge < -0.3 is 10.3 Å². The summed E-state index contributed by atoms with van der Waals surface area (Å²) in [5.74, 6) is 1.09. The van der Waals surface area contributed by atoms with E-state index in [4.69, 9.17) is 0 Å². The minimum atomic E-state index is 0.963. The van der Waals surface area contributed by atoms with Crippen molar-refractivity contribution in [2.45, 2.75) is 6.54 Å². The van der Waals surface area contributed by atoms with Crippen LogP contribution in [0.1, 0.15) is 5.56 Å². The summed E-state index contributed by atoms with van der Waals surface area (Å²) in [6, 6.07) is 14.6. The van der Waals surface area contributed by atoms with E-state index < -0.39 is 0 Å². The number of nitrogens with one attached hydrogen (secondary N) is 1. The van der Waals surface area contributed by atoms with Gasteiger partial charge in [0.15, 0.2) is 0 Å². The van der Waals surface area contributed by atoms with Crippen LogP contribution in [0.15, 0.2) is 48.7 Å². The summed E-state index contributed by atoms with van der Waals surface area (Å²) in [5.41, 5.74) is 6.12. The first-order chi connectivity index (χ1) is 10.9. The molecule has 0 bridgehead atoms. The summed E-state index contributed by atoms with van der Waals surface area (Å²) in [4.78, 5) is 9.30. The van der Waals surface area contributed by atoms with Crippen molar-refractivity contribution in [2.24, 2.45) is 0 Å². The van der Waals surface area contributed by atoms with Crippen molar-refractivity contribution in [1.82, 2.24) is 14.9 Å². The molecule has 114 valence electrons. The van der Waals surface area contributed by atoms with Gasteiger partial charge in [-0.1, -0.05) is 24.3 Å². The highest BCUT2D eigenvalue weighted by atomic mass is 15.6. The number of benzene rings is 1. The van der Waals surface area contributed by atoms with Crippen LogP contribution < -0.4 is 10.3 Å². The molecule has 5 nitrogen and oxygen atoms in total. The van der Waals surface area contributed by atoms with E-state index in [1.165, 1.54) is 11.3 Å². The monoisotopic (exact) mass is 295 g/mol. The molecule has 0 saturated carbocycles. The SMILES string of the molecule is c1ccc(N2CCN(CN3Cc4ccccc4N3)CC2)nc1. The van der Waals surface area contributed by atoms with Gasteiger partial charge in [-0.25, -0.2) is 9.99 Å². The van der Waals surface area contributed by atoms with Gasteiger partial charge in [0, 0.05) is 38.9 Å². The van der Waals surface area contributed by atoms with Crippen molar-refractivity contribution in [2.75, 3.05) is 43.2 Å². The van der Waals surface area contributed by atoms with Crippen LogP contribution in [0.2, 0.25) is 0 Å². The molecule has 0 amide bonds. The highest BCUT2D eigenvalue weighted by Crippen LogP contribution is 2.24. The zero-order valence-corrected chi connectivity index (χ0v) is 12.7. The molecule has 2 aliphatic rings. The number of hydrogen-bond acceptors (Lipinski definition) is 5. The van der Waals surface area contributed by atoms with Gasteiger partial charge in [-0.2, -0.15) is 0 Å². The second kappa shape index (κ2) is 5.94. The molecule has 3 heterocycles. The summed E-state index contributed by atoms with van der Waals surface area (Å²) in [6.45, 7) is 6.17. The lowest BCUT2D eigenvalue weighted by molar-refractivity contribution is 0.148. The number of anilines is 2. The van der Waals surface area contributed by atoms with E-state index in [1.54, 1.807) is 0 Å². The Balaban J connectivity index is 1.30. The number of para-hydroxylation sites is 1. The second-order valence-corrected chi connectivity index (χ2v) is 5.90. The number of hydrazine groups is 1. The summed E-state index contributed by atoms with van der Waals surface area (Å²) < 4.78 is 0. The van der Waals surface area contributed by atoms with Gasteiger partial charge in [-0.15, -0.1) is 0 Å². The molecule has 1 saturated heterocycles. The Bertz CT molecular complexity index is 597. The number of nitrogens with zero attached hydrogens (tertiary/aromatic N) is 4. The van der Waals surface area contributed by atoms with E-state index in [0.29, 0.717) is 0 Å². The molecule has 0 spiro atoms. The van der Waals surface area contributed by atoms with Crippen LogP contribution in [-0.4, -0.2) is 47.7 Å². The molecule has 2 aromatic rings. The first-order valence-electron chi connectivity index (χ1n) is 7.86. The van der Waals surface area contributed by atoms with E-state index in [9.17, 15) is 0 Å². The van der Waals surface area contributed by atoms with Crippen molar-refractivity contribution < 1.29 is 0 Å². The van der Waals surface area contributed by atoms with E-state index in [1.807, 2.05) is 12.3 Å². The number of hydrogen-bond donors (Lipinski definition) is 1. The molecule has 5 heteroatoms. The molecular weight excluding hydrogens is 274 g/mol. The molecular formula is C17H21N5. The van der Waals surface area contributed by atoms with Gasteiger partial charge in [0.2, 0.25) is 0 Å². The molecule has 22 heavy (non-hydrogen) atoms. The molecule has 0 aliphatic carbocycles. The largest absolute Gasteiger partial charge is 0.354 e. The summed E-state index contributed by atoms with van der Waals surface area (Å²) >= 11 is 0. The van der Waals surface area contributed by atoms with Crippen molar-refractivity contribution in [3.05, 3.63) is 54.2 Å². The fourth-order valence-electron chi connectivity index (χ4n) is 3.17. The van der Waals surface area contributed by atoms with Gasteiger partial charge >= 0.3 is 0 Å². The Morgan fingerprint density at radius 1 is 0.955 bits per heavy atom. The molecule has 0 radical (unpaired) electrons. The summed E-state index contributed by atoms with van der Waals surface area (Å²) in [5, 5.41) is 2.29. The Kier molecular flexibility index (Phi) is 3.66. The zero-order valence-electron chi connectivity index (χ0n) is 12.7. The Labute approximate surface area is 131 Å². The predicted octanol–water partition coefficient (Wildman–Crippen LogP) is 2.00. The smallest absolute Gasteiger partial charge is 0.128 e. The van der Waals surface area contributed by atoms with Crippen molar-refractivity contribution in [3.63, 3.8) is 0 Å². The first kappa shape index (κ1) is 13.5. The van der Waals surface area contributed by atoms with Gasteiger partial charge in [-0.3, -0.25) is 4.90 Å². The number of rotatable bonds is 3. The van der Waals surface area contributed by atoms with Crippen LogP contribution in [0.3, 0.4) is 0 Å². The van der Waals surface area contributed by atoms with Crippen LogP contribution in [0, 0.1) is 0 Å². The highest BCUT2D eigenvalue weighted by Gasteiger charge is 2.23. The molecule has 2 aliphatic heterocycles. The van der Waals surface area contributed by atoms with E-state index in [0.717, 1.165) is 45.2 Å². The minimum absolute atomic E-state index is 0.963. The molecule has 1 fully saturated rings. The molecule has 1 aromatic heterocycles. The quantitative estimate of drug-likeness (QED) is 0.937. The fraction of sp³-hybridized carbons (Fsp3) is 0.353. The highest BCUT2D eigenvalue weighted by molar-refractivity contribution is 5.53. The summed E-state index contributed by atoms with van der Waals surface area (Å²) in [7, 11) is 0. The first-order valence-corrected chi connectivity index (χ1v) is 7.86. The average molecular weight is 295 g/mol. The lowest BCUT2D eigenvalue weighted by Gasteiger charge is -2.37. The maximum absolute atomic E-state index is 4.44. The van der Waals surface area contributed by atoms with Crippen LogP contribution in [0.4, 0.5) is 11.5 Å². The van der Waals surface area contributed by atoms with Gasteiger partial charge in [0.1, 0.15) is 5.82 Å². The van der Waals surface area contributed by atoms with E-state index in [2.05, 4.69) is 61.6 Å². The maximum Gasteiger partial charge on any atom is 0.128 e. The Hall–Kier alpha value is -2.11. The van der Waals surface area contributed by atoms with Crippen molar-refractivity contribution in [1.29, 1.82) is 0 Å². The molecule has 1 aromatic carbocycles. The van der Waals surface area contributed by atoms with Crippen LogP contribution in [0.5, 0.6) is 0 Å². The lowest BCUT2D eigenvalue weighted by Crippen LogP contribution is -2.50. The Morgan fingerprint density at radius 2 is 1.77 bits per heavy atom. The van der Waals surface area contributed by atoms with Gasteiger partial charge in [-0.05, 0) is 23.8 Å². The second-order valence-electron chi connectivity index (χ2n) is 5.90.